The summed E-state index contributed by atoms with van der Waals surface area (Å²) in [6, 6.07) is 7.01. The minimum absolute atomic E-state index is 0.495. The number of nitrogens with two attached hydrogens (primary N) is 1. The van der Waals surface area contributed by atoms with Gasteiger partial charge in [0, 0.05) is 5.69 Å². The summed E-state index contributed by atoms with van der Waals surface area (Å²) in [6.45, 7) is 0. The molecule has 3 aliphatic rings. The van der Waals surface area contributed by atoms with Crippen molar-refractivity contribution in [3.63, 3.8) is 0 Å². The lowest BCUT2D eigenvalue weighted by Gasteiger charge is -2.19. The van der Waals surface area contributed by atoms with Crippen molar-refractivity contribution in [3.05, 3.63) is 29.3 Å². The van der Waals surface area contributed by atoms with Gasteiger partial charge in [-0.05, 0) is 74.0 Å². The van der Waals surface area contributed by atoms with Crippen molar-refractivity contribution in [1.29, 1.82) is 0 Å². The first kappa shape index (κ1) is 12.2. The molecule has 0 radical (unpaired) electrons. The van der Waals surface area contributed by atoms with Crippen LogP contribution in [0, 0.1) is 11.8 Å². The summed E-state index contributed by atoms with van der Waals surface area (Å²) in [5.41, 5.74) is 10.2. The Bertz CT molecular complexity index is 545. The molecule has 0 aromatic heterocycles. The Morgan fingerprint density at radius 2 is 2.05 bits per heavy atom. The zero-order valence-corrected chi connectivity index (χ0v) is 11.9. The van der Waals surface area contributed by atoms with Gasteiger partial charge in [-0.3, -0.25) is 0 Å². The van der Waals surface area contributed by atoms with Crippen LogP contribution in [0.25, 0.3) is 0 Å². The van der Waals surface area contributed by atoms with Gasteiger partial charge in [0.2, 0.25) is 0 Å². The highest BCUT2D eigenvalue weighted by molar-refractivity contribution is 5.93. The van der Waals surface area contributed by atoms with Gasteiger partial charge in [-0.15, -0.1) is 0 Å². The molecule has 3 N–H and O–H groups in total. The molecule has 2 fully saturated rings. The molecule has 2 saturated carbocycles. The maximum absolute atomic E-state index is 6.10. The molecular weight excluding hydrogens is 246 g/mol. The molecule has 3 aliphatic carbocycles. The largest absolute Gasteiger partial charge is 0.370 e. The number of aryl methyl sites for hydroxylation is 1. The van der Waals surface area contributed by atoms with Crippen molar-refractivity contribution >= 4 is 11.6 Å². The Morgan fingerprint density at radius 3 is 2.90 bits per heavy atom. The van der Waals surface area contributed by atoms with Gasteiger partial charge in [-0.25, -0.2) is 4.99 Å². The van der Waals surface area contributed by atoms with Gasteiger partial charge in [-0.1, -0.05) is 12.1 Å². The predicted octanol–water partition coefficient (Wildman–Crippen LogP) is 3.09. The monoisotopic (exact) mass is 269 g/mol. The van der Waals surface area contributed by atoms with E-state index in [1.54, 1.807) is 0 Å². The summed E-state index contributed by atoms with van der Waals surface area (Å²) in [6.07, 6.45) is 9.04. The van der Waals surface area contributed by atoms with E-state index in [1.807, 2.05) is 0 Å². The normalized spacial score (nSPS) is 28.9. The maximum atomic E-state index is 6.10. The van der Waals surface area contributed by atoms with Crippen LogP contribution in [0.2, 0.25) is 0 Å². The number of nitrogens with zero attached hydrogens (tertiary/aromatic N) is 1. The molecule has 106 valence electrons. The first-order chi connectivity index (χ1) is 9.81. The summed E-state index contributed by atoms with van der Waals surface area (Å²) in [5, 5.41) is 3.35. The Hall–Kier alpha value is -1.51. The summed E-state index contributed by atoms with van der Waals surface area (Å²) >= 11 is 0. The van der Waals surface area contributed by atoms with Gasteiger partial charge in [0.25, 0.3) is 0 Å². The lowest BCUT2D eigenvalue weighted by atomic mass is 9.90. The van der Waals surface area contributed by atoms with Crippen molar-refractivity contribution < 1.29 is 0 Å². The van der Waals surface area contributed by atoms with Gasteiger partial charge in [-0.2, -0.15) is 0 Å². The van der Waals surface area contributed by atoms with Crippen molar-refractivity contribution in [1.82, 2.24) is 0 Å². The van der Waals surface area contributed by atoms with Gasteiger partial charge in [0.1, 0.15) is 0 Å². The summed E-state index contributed by atoms with van der Waals surface area (Å²) in [5.74, 6) is 2.40. The van der Waals surface area contributed by atoms with E-state index in [2.05, 4.69) is 28.5 Å². The number of fused-ring (bicyclic) bond motifs is 1. The molecule has 0 spiro atoms. The molecule has 1 aromatic carbocycles. The lowest BCUT2D eigenvalue weighted by Crippen LogP contribution is -2.24. The highest BCUT2D eigenvalue weighted by Gasteiger charge is 2.47. The van der Waals surface area contributed by atoms with Crippen LogP contribution in [0.4, 0.5) is 5.69 Å². The van der Waals surface area contributed by atoms with Crippen LogP contribution in [0.15, 0.2) is 23.2 Å². The molecule has 0 heterocycles. The fourth-order valence-electron chi connectivity index (χ4n) is 3.63. The molecule has 0 aliphatic heterocycles. The first-order valence-electron chi connectivity index (χ1n) is 8.02. The highest BCUT2D eigenvalue weighted by atomic mass is 15.1. The van der Waals surface area contributed by atoms with Gasteiger partial charge < -0.3 is 11.1 Å². The number of nitrogens with one attached hydrogen (secondary N) is 1. The zero-order valence-electron chi connectivity index (χ0n) is 11.9. The van der Waals surface area contributed by atoms with E-state index in [0.29, 0.717) is 12.0 Å². The maximum Gasteiger partial charge on any atom is 0.193 e. The van der Waals surface area contributed by atoms with E-state index in [0.717, 1.165) is 11.8 Å². The topological polar surface area (TPSA) is 50.4 Å². The van der Waals surface area contributed by atoms with Crippen LogP contribution in [0.3, 0.4) is 0 Å². The van der Waals surface area contributed by atoms with Crippen molar-refractivity contribution in [2.75, 3.05) is 5.32 Å². The standard InChI is InChI=1S/C17H23N3/c18-17(20-16-10-14(16)12-8-9-12)19-15-7-3-5-11-4-1-2-6-13(11)15/h3,5,7,12,14,16H,1-2,4,6,8-10H2,(H3,18,19,20)/t14-,16+/m0/s1. The fourth-order valence-corrected chi connectivity index (χ4v) is 3.63. The number of benzene rings is 1. The number of guanidine groups is 1. The molecule has 3 nitrogen and oxygen atoms in total. The van der Waals surface area contributed by atoms with E-state index in [1.165, 1.54) is 61.8 Å². The van der Waals surface area contributed by atoms with Crippen molar-refractivity contribution in [2.45, 2.75) is 51.0 Å². The molecule has 0 amide bonds. The molecule has 3 heteroatoms. The molecule has 2 atom stereocenters. The highest BCUT2D eigenvalue weighted by Crippen LogP contribution is 2.51. The third kappa shape index (κ3) is 2.41. The second-order valence-electron chi connectivity index (χ2n) is 6.59. The molecule has 0 bridgehead atoms. The molecular formula is C17H23N3. The average molecular weight is 269 g/mol. The van der Waals surface area contributed by atoms with Crippen LogP contribution >= 0.6 is 0 Å². The molecule has 1 aromatic rings. The predicted molar refractivity (Wildman–Crippen MR) is 82.9 cm³/mol. The molecule has 0 unspecified atom stereocenters. The molecule has 4 rings (SSSR count). The van der Waals surface area contributed by atoms with E-state index in [4.69, 9.17) is 5.73 Å². The Labute approximate surface area is 120 Å². The quantitative estimate of drug-likeness (QED) is 0.654. The van der Waals surface area contributed by atoms with Crippen LogP contribution in [-0.2, 0) is 12.8 Å². The second kappa shape index (κ2) is 4.80. The Balaban J connectivity index is 1.47. The van der Waals surface area contributed by atoms with Gasteiger partial charge in [0.15, 0.2) is 5.96 Å². The van der Waals surface area contributed by atoms with E-state index in [9.17, 15) is 0 Å². The van der Waals surface area contributed by atoms with Gasteiger partial charge >= 0.3 is 0 Å². The van der Waals surface area contributed by atoms with Gasteiger partial charge in [0.05, 0.1) is 6.04 Å². The first-order valence-corrected chi connectivity index (χ1v) is 8.02. The number of rotatable bonds is 3. The molecule has 0 saturated heterocycles. The number of aliphatic imine (C=N–C) groups is 1. The van der Waals surface area contributed by atoms with E-state index >= 15 is 0 Å². The SMILES string of the molecule is NC(=N[C@@H]1C[C@H]1C1CC1)Nc1cccc2c1CCCC2. The number of anilines is 1. The van der Waals surface area contributed by atoms with Crippen LogP contribution in [-0.4, -0.2) is 12.0 Å². The van der Waals surface area contributed by atoms with Crippen molar-refractivity contribution in [2.24, 2.45) is 22.6 Å². The minimum Gasteiger partial charge on any atom is -0.370 e. The third-order valence-corrected chi connectivity index (χ3v) is 5.00. The van der Waals surface area contributed by atoms with Crippen LogP contribution < -0.4 is 11.1 Å². The van der Waals surface area contributed by atoms with Crippen molar-refractivity contribution in [3.8, 4) is 0 Å². The smallest absolute Gasteiger partial charge is 0.193 e. The Morgan fingerprint density at radius 1 is 1.20 bits per heavy atom. The third-order valence-electron chi connectivity index (χ3n) is 5.00. The summed E-state index contributed by atoms with van der Waals surface area (Å²) in [4.78, 5) is 4.66. The van der Waals surface area contributed by atoms with Crippen LogP contribution in [0.1, 0.15) is 43.2 Å². The molecule has 20 heavy (non-hydrogen) atoms. The second-order valence-corrected chi connectivity index (χ2v) is 6.59. The Kier molecular flexibility index (Phi) is 2.94. The lowest BCUT2D eigenvalue weighted by molar-refractivity contribution is 0.685. The van der Waals surface area contributed by atoms with E-state index < -0.39 is 0 Å². The average Bonchev–Trinajstić information content (AvgIpc) is 3.33. The zero-order chi connectivity index (χ0) is 13.5. The number of hydrogen-bond donors (Lipinski definition) is 2. The summed E-state index contributed by atoms with van der Waals surface area (Å²) in [7, 11) is 0. The number of hydrogen-bond acceptors (Lipinski definition) is 1. The van der Waals surface area contributed by atoms with E-state index in [-0.39, 0.29) is 0 Å². The fraction of sp³-hybridized carbons (Fsp3) is 0.588. The minimum atomic E-state index is 0.495. The van der Waals surface area contributed by atoms with Crippen LogP contribution in [0.5, 0.6) is 0 Å². The summed E-state index contributed by atoms with van der Waals surface area (Å²) < 4.78 is 0.